The average molecular weight is 376 g/mol. The number of hydrogen-bond acceptors (Lipinski definition) is 3. The molecule has 0 atom stereocenters. The highest BCUT2D eigenvalue weighted by Gasteiger charge is 2.22. The van der Waals surface area contributed by atoms with Gasteiger partial charge in [-0.1, -0.05) is 42.5 Å². The number of nitrogens with one attached hydrogen (secondary N) is 2. The second kappa shape index (κ2) is 7.86. The maximum atomic E-state index is 12.7. The number of amides is 1. The summed E-state index contributed by atoms with van der Waals surface area (Å²) in [5.74, 6) is -0.0692. The van der Waals surface area contributed by atoms with Gasteiger partial charge in [0.25, 0.3) is 5.56 Å². The number of aromatic nitrogens is 2. The summed E-state index contributed by atoms with van der Waals surface area (Å²) in [6.07, 6.45) is 0.760. The van der Waals surface area contributed by atoms with Crippen molar-refractivity contribution in [1.29, 1.82) is 0 Å². The van der Waals surface area contributed by atoms with Crippen molar-refractivity contribution >= 4 is 11.6 Å². The molecule has 0 radical (unpaired) electrons. The predicted molar refractivity (Wildman–Crippen MR) is 109 cm³/mol. The van der Waals surface area contributed by atoms with Gasteiger partial charge in [-0.15, -0.1) is 0 Å². The molecule has 6 heteroatoms. The van der Waals surface area contributed by atoms with Crippen LogP contribution in [0.1, 0.15) is 29.3 Å². The highest BCUT2D eigenvalue weighted by atomic mass is 16.1. The van der Waals surface area contributed by atoms with Crippen LogP contribution >= 0.6 is 0 Å². The molecule has 0 aliphatic carbocycles. The van der Waals surface area contributed by atoms with E-state index in [0.29, 0.717) is 6.54 Å². The van der Waals surface area contributed by atoms with Crippen LogP contribution in [0.3, 0.4) is 0 Å². The van der Waals surface area contributed by atoms with Crippen LogP contribution in [0, 0.1) is 0 Å². The van der Waals surface area contributed by atoms with E-state index in [9.17, 15) is 9.59 Å². The molecule has 28 heavy (non-hydrogen) atoms. The molecule has 0 spiro atoms. The minimum Gasteiger partial charge on any atom is -0.326 e. The van der Waals surface area contributed by atoms with Crippen molar-refractivity contribution < 1.29 is 4.79 Å². The van der Waals surface area contributed by atoms with Crippen molar-refractivity contribution in [3.63, 3.8) is 0 Å². The summed E-state index contributed by atoms with van der Waals surface area (Å²) >= 11 is 0. The standard InChI is InChI=1S/C22H24N4O2/c1-16(27)23-19-9-7-18(8-10-19)13-25-12-11-20-21(15-25)24-26(22(20)28)14-17-5-3-2-4-6-17/h2-10,24H,11-15H2,1H3,(H,23,27). The van der Waals surface area contributed by atoms with Crippen LogP contribution in [0.15, 0.2) is 59.4 Å². The molecule has 2 heterocycles. The van der Waals surface area contributed by atoms with Gasteiger partial charge in [0.05, 0.1) is 12.2 Å². The Kier molecular flexibility index (Phi) is 5.12. The molecule has 0 saturated carbocycles. The fraction of sp³-hybridized carbons (Fsp3) is 0.273. The molecule has 2 N–H and O–H groups in total. The van der Waals surface area contributed by atoms with Crippen molar-refractivity contribution in [2.24, 2.45) is 0 Å². The van der Waals surface area contributed by atoms with Gasteiger partial charge >= 0.3 is 0 Å². The van der Waals surface area contributed by atoms with Gasteiger partial charge in [0.1, 0.15) is 0 Å². The van der Waals surface area contributed by atoms with Crippen LogP contribution in [0.4, 0.5) is 5.69 Å². The Morgan fingerprint density at radius 3 is 2.46 bits per heavy atom. The number of rotatable bonds is 5. The van der Waals surface area contributed by atoms with Gasteiger partial charge in [-0.2, -0.15) is 0 Å². The van der Waals surface area contributed by atoms with E-state index in [-0.39, 0.29) is 11.5 Å². The lowest BCUT2D eigenvalue weighted by molar-refractivity contribution is -0.114. The first kappa shape index (κ1) is 18.3. The van der Waals surface area contributed by atoms with Crippen molar-refractivity contribution in [3.05, 3.63) is 87.3 Å². The van der Waals surface area contributed by atoms with Crippen molar-refractivity contribution in [3.8, 4) is 0 Å². The summed E-state index contributed by atoms with van der Waals surface area (Å²) in [5, 5.41) is 6.09. The Bertz CT molecular complexity index is 1020. The Morgan fingerprint density at radius 1 is 1.04 bits per heavy atom. The first-order valence-corrected chi connectivity index (χ1v) is 9.52. The van der Waals surface area contributed by atoms with Crippen molar-refractivity contribution in [2.45, 2.75) is 33.0 Å². The number of nitrogens with zero attached hydrogens (tertiary/aromatic N) is 2. The van der Waals surface area contributed by atoms with Crippen LogP contribution in [-0.4, -0.2) is 27.1 Å². The van der Waals surface area contributed by atoms with Crippen molar-refractivity contribution in [1.82, 2.24) is 14.7 Å². The number of carbonyl (C=O) groups is 1. The molecule has 144 valence electrons. The number of benzene rings is 2. The van der Waals surface area contributed by atoms with Crippen LogP contribution in [0.5, 0.6) is 0 Å². The van der Waals surface area contributed by atoms with E-state index in [1.54, 1.807) is 4.68 Å². The fourth-order valence-electron chi connectivity index (χ4n) is 3.70. The number of aromatic amines is 1. The molecule has 3 aromatic rings. The zero-order chi connectivity index (χ0) is 19.5. The number of fused-ring (bicyclic) bond motifs is 1. The summed E-state index contributed by atoms with van der Waals surface area (Å²) in [7, 11) is 0. The van der Waals surface area contributed by atoms with Gasteiger partial charge in [-0.3, -0.25) is 19.6 Å². The van der Waals surface area contributed by atoms with Gasteiger partial charge < -0.3 is 5.32 Å². The molecular weight excluding hydrogens is 352 g/mol. The summed E-state index contributed by atoms with van der Waals surface area (Å²) in [5.41, 5.74) is 5.12. The third-order valence-electron chi connectivity index (χ3n) is 5.06. The Balaban J connectivity index is 1.44. The molecular formula is C22H24N4O2. The highest BCUT2D eigenvalue weighted by Crippen LogP contribution is 2.18. The monoisotopic (exact) mass is 376 g/mol. The molecule has 6 nitrogen and oxygen atoms in total. The largest absolute Gasteiger partial charge is 0.326 e. The minimum absolute atomic E-state index is 0.0692. The number of anilines is 1. The SMILES string of the molecule is CC(=O)Nc1ccc(CN2CCc3c([nH]n(Cc4ccccc4)c3=O)C2)cc1. The van der Waals surface area contributed by atoms with Crippen LogP contribution in [0.25, 0.3) is 0 Å². The summed E-state index contributed by atoms with van der Waals surface area (Å²) < 4.78 is 1.71. The third kappa shape index (κ3) is 4.07. The van der Waals surface area contributed by atoms with Crippen molar-refractivity contribution in [2.75, 3.05) is 11.9 Å². The van der Waals surface area contributed by atoms with E-state index >= 15 is 0 Å². The molecule has 0 fully saturated rings. The Hall–Kier alpha value is -3.12. The maximum absolute atomic E-state index is 12.7. The zero-order valence-electron chi connectivity index (χ0n) is 15.9. The fourth-order valence-corrected chi connectivity index (χ4v) is 3.70. The molecule has 0 unspecified atom stereocenters. The smallest absolute Gasteiger partial charge is 0.270 e. The number of carbonyl (C=O) groups excluding carboxylic acids is 1. The zero-order valence-corrected chi connectivity index (χ0v) is 15.9. The van der Waals surface area contributed by atoms with Gasteiger partial charge in [-0.05, 0) is 29.7 Å². The van der Waals surface area contributed by atoms with E-state index in [1.807, 2.05) is 54.6 Å². The van der Waals surface area contributed by atoms with E-state index in [4.69, 9.17) is 0 Å². The molecule has 1 aromatic heterocycles. The quantitative estimate of drug-likeness (QED) is 0.719. The summed E-state index contributed by atoms with van der Waals surface area (Å²) in [4.78, 5) is 26.1. The first-order valence-electron chi connectivity index (χ1n) is 9.52. The third-order valence-corrected chi connectivity index (χ3v) is 5.06. The molecule has 1 aliphatic heterocycles. The van der Waals surface area contributed by atoms with E-state index in [2.05, 4.69) is 15.3 Å². The first-order chi connectivity index (χ1) is 13.6. The topological polar surface area (TPSA) is 70.1 Å². The minimum atomic E-state index is -0.0692. The average Bonchev–Trinajstić information content (AvgIpc) is 2.99. The van der Waals surface area contributed by atoms with Gasteiger partial charge in [-0.25, -0.2) is 4.68 Å². The highest BCUT2D eigenvalue weighted by molar-refractivity contribution is 5.88. The summed E-state index contributed by atoms with van der Waals surface area (Å²) in [6.45, 7) is 4.48. The number of H-pyrrole nitrogens is 1. The molecule has 1 amide bonds. The molecule has 2 aromatic carbocycles. The van der Waals surface area contributed by atoms with Crippen LogP contribution in [0.2, 0.25) is 0 Å². The second-order valence-corrected chi connectivity index (χ2v) is 7.28. The Morgan fingerprint density at radius 2 is 1.75 bits per heavy atom. The lowest BCUT2D eigenvalue weighted by atomic mass is 10.1. The lowest BCUT2D eigenvalue weighted by Gasteiger charge is -2.26. The Labute approximate surface area is 163 Å². The van der Waals surface area contributed by atoms with Gasteiger partial charge in [0, 0.05) is 37.8 Å². The number of hydrogen-bond donors (Lipinski definition) is 2. The van der Waals surface area contributed by atoms with Gasteiger partial charge in [0.15, 0.2) is 0 Å². The molecule has 0 saturated heterocycles. The normalized spacial score (nSPS) is 13.9. The lowest BCUT2D eigenvalue weighted by Crippen LogP contribution is -2.31. The van der Waals surface area contributed by atoms with Crippen LogP contribution < -0.4 is 10.9 Å². The maximum Gasteiger partial charge on any atom is 0.270 e. The van der Waals surface area contributed by atoms with E-state index in [0.717, 1.165) is 48.6 Å². The second-order valence-electron chi connectivity index (χ2n) is 7.28. The summed E-state index contributed by atoms with van der Waals surface area (Å²) in [6, 6.07) is 17.9. The molecule has 1 aliphatic rings. The van der Waals surface area contributed by atoms with E-state index < -0.39 is 0 Å². The molecule has 4 rings (SSSR count). The predicted octanol–water partition coefficient (Wildman–Crippen LogP) is 2.74. The molecule has 0 bridgehead atoms. The van der Waals surface area contributed by atoms with Gasteiger partial charge in [0.2, 0.25) is 5.91 Å². The van der Waals surface area contributed by atoms with Crippen LogP contribution in [-0.2, 0) is 30.8 Å². The van der Waals surface area contributed by atoms with E-state index in [1.165, 1.54) is 12.5 Å².